The molecule has 1 aliphatic heterocycles. The van der Waals surface area contributed by atoms with Gasteiger partial charge in [-0.15, -0.1) is 0 Å². The van der Waals surface area contributed by atoms with Gasteiger partial charge in [0.05, 0.1) is 6.42 Å². The van der Waals surface area contributed by atoms with Gasteiger partial charge in [-0.3, -0.25) is 4.79 Å². The van der Waals surface area contributed by atoms with Gasteiger partial charge in [0.1, 0.15) is 0 Å². The maximum absolute atomic E-state index is 11.2. The number of carbonyl (C=O) groups excluding carboxylic acids is 1. The Bertz CT molecular complexity index is 432. The molecule has 0 saturated heterocycles. The number of rotatable bonds is 0. The normalized spacial score (nSPS) is 15.1. The first kappa shape index (κ1) is 10.5. The lowest BCUT2D eigenvalue weighted by atomic mass is 9.86. The molecule has 0 bridgehead atoms. The van der Waals surface area contributed by atoms with Crippen LogP contribution < -0.4 is 5.32 Å². The van der Waals surface area contributed by atoms with E-state index >= 15 is 0 Å². The van der Waals surface area contributed by atoms with Crippen molar-refractivity contribution in [2.75, 3.05) is 5.32 Å². The van der Waals surface area contributed by atoms with Crippen LogP contribution in [-0.4, -0.2) is 5.91 Å². The average molecular weight is 224 g/mol. The molecule has 0 radical (unpaired) electrons. The maximum atomic E-state index is 11.2. The van der Waals surface area contributed by atoms with Crippen LogP contribution in [0.3, 0.4) is 0 Å². The van der Waals surface area contributed by atoms with Crippen molar-refractivity contribution in [1.29, 1.82) is 0 Å². The first-order chi connectivity index (χ1) is 6.88. The molecule has 15 heavy (non-hydrogen) atoms. The number of amides is 1. The molecule has 80 valence electrons. The molecule has 2 nitrogen and oxygen atoms in total. The fourth-order valence-electron chi connectivity index (χ4n) is 1.72. The zero-order chi connectivity index (χ0) is 11.2. The second kappa shape index (κ2) is 3.24. The standard InChI is InChI=1S/C12H14ClNO/c1-12(2,3)7-4-9(13)8-6-11(15)14-10(8)5-7/h4-5H,6H2,1-3H3,(H,14,15). The molecule has 0 fully saturated rings. The second-order valence-electron chi connectivity index (χ2n) is 4.96. The van der Waals surface area contributed by atoms with Gasteiger partial charge in [0.2, 0.25) is 5.91 Å². The average Bonchev–Trinajstić information content (AvgIpc) is 2.44. The number of hydrogen-bond acceptors (Lipinski definition) is 1. The lowest BCUT2D eigenvalue weighted by Gasteiger charge is -2.20. The highest BCUT2D eigenvalue weighted by Gasteiger charge is 2.24. The lowest BCUT2D eigenvalue weighted by Crippen LogP contribution is -2.11. The van der Waals surface area contributed by atoms with Crippen LogP contribution in [0.4, 0.5) is 5.69 Å². The zero-order valence-corrected chi connectivity index (χ0v) is 9.90. The van der Waals surface area contributed by atoms with E-state index in [9.17, 15) is 4.79 Å². The van der Waals surface area contributed by atoms with Crippen molar-refractivity contribution in [1.82, 2.24) is 0 Å². The Hall–Kier alpha value is -1.02. The number of hydrogen-bond donors (Lipinski definition) is 1. The highest BCUT2D eigenvalue weighted by atomic mass is 35.5. The maximum Gasteiger partial charge on any atom is 0.228 e. The molecule has 1 heterocycles. The molecular weight excluding hydrogens is 210 g/mol. The summed E-state index contributed by atoms with van der Waals surface area (Å²) in [5, 5.41) is 3.52. The Balaban J connectivity index is 2.54. The molecule has 1 aromatic rings. The van der Waals surface area contributed by atoms with Crippen molar-refractivity contribution in [2.24, 2.45) is 0 Å². The topological polar surface area (TPSA) is 29.1 Å². The number of fused-ring (bicyclic) bond motifs is 1. The van der Waals surface area contributed by atoms with Crippen molar-refractivity contribution in [3.05, 3.63) is 28.3 Å². The minimum atomic E-state index is 0.0259. The molecule has 1 N–H and O–H groups in total. The van der Waals surface area contributed by atoms with E-state index in [1.54, 1.807) is 0 Å². The third kappa shape index (κ3) is 1.86. The molecule has 2 rings (SSSR count). The van der Waals surface area contributed by atoms with Gasteiger partial charge < -0.3 is 5.32 Å². The number of nitrogens with one attached hydrogen (secondary N) is 1. The van der Waals surface area contributed by atoms with Gasteiger partial charge >= 0.3 is 0 Å². The van der Waals surface area contributed by atoms with Crippen LogP contribution in [-0.2, 0) is 16.6 Å². The van der Waals surface area contributed by atoms with Gasteiger partial charge in [-0.2, -0.15) is 0 Å². The van der Waals surface area contributed by atoms with Crippen LogP contribution in [0.2, 0.25) is 5.02 Å². The molecule has 0 atom stereocenters. The summed E-state index contributed by atoms with van der Waals surface area (Å²) in [6.07, 6.45) is 0.401. The van der Waals surface area contributed by atoms with Gasteiger partial charge in [-0.05, 0) is 23.1 Å². The van der Waals surface area contributed by atoms with Crippen LogP contribution in [0.5, 0.6) is 0 Å². The van der Waals surface area contributed by atoms with E-state index in [4.69, 9.17) is 11.6 Å². The minimum Gasteiger partial charge on any atom is -0.325 e. The quantitative estimate of drug-likeness (QED) is 0.720. The summed E-state index contributed by atoms with van der Waals surface area (Å²) in [7, 11) is 0. The Morgan fingerprint density at radius 3 is 2.60 bits per heavy atom. The number of benzene rings is 1. The highest BCUT2D eigenvalue weighted by molar-refractivity contribution is 6.32. The predicted octanol–water partition coefficient (Wildman–Crippen LogP) is 3.13. The molecule has 0 saturated carbocycles. The van der Waals surface area contributed by atoms with Gasteiger partial charge in [-0.25, -0.2) is 0 Å². The number of halogens is 1. The second-order valence-corrected chi connectivity index (χ2v) is 5.37. The van der Waals surface area contributed by atoms with Crippen molar-refractivity contribution < 1.29 is 4.79 Å². The molecular formula is C12H14ClNO. The van der Waals surface area contributed by atoms with Crippen molar-refractivity contribution in [3.8, 4) is 0 Å². The van der Waals surface area contributed by atoms with E-state index in [1.807, 2.05) is 12.1 Å². The van der Waals surface area contributed by atoms with E-state index in [1.165, 1.54) is 0 Å². The van der Waals surface area contributed by atoms with Gasteiger partial charge in [0, 0.05) is 16.3 Å². The van der Waals surface area contributed by atoms with Crippen LogP contribution >= 0.6 is 11.6 Å². The molecule has 1 aromatic carbocycles. The summed E-state index contributed by atoms with van der Waals surface area (Å²) >= 11 is 6.15. The van der Waals surface area contributed by atoms with Gasteiger partial charge in [0.15, 0.2) is 0 Å². The van der Waals surface area contributed by atoms with Crippen molar-refractivity contribution >= 4 is 23.2 Å². The Morgan fingerprint density at radius 1 is 1.33 bits per heavy atom. The molecule has 3 heteroatoms. The fraction of sp³-hybridized carbons (Fsp3) is 0.417. The zero-order valence-electron chi connectivity index (χ0n) is 9.15. The Morgan fingerprint density at radius 2 is 2.00 bits per heavy atom. The summed E-state index contributed by atoms with van der Waals surface area (Å²) in [6.45, 7) is 6.38. The van der Waals surface area contributed by atoms with Crippen LogP contribution in [0.15, 0.2) is 12.1 Å². The van der Waals surface area contributed by atoms with E-state index in [0.29, 0.717) is 11.4 Å². The largest absolute Gasteiger partial charge is 0.325 e. The molecule has 0 unspecified atom stereocenters. The number of anilines is 1. The highest BCUT2D eigenvalue weighted by Crippen LogP contribution is 2.35. The van der Waals surface area contributed by atoms with Crippen LogP contribution in [0, 0.1) is 0 Å². The molecule has 0 aromatic heterocycles. The summed E-state index contributed by atoms with van der Waals surface area (Å²) in [6, 6.07) is 3.98. The minimum absolute atomic E-state index is 0.0259. The number of carbonyl (C=O) groups is 1. The van der Waals surface area contributed by atoms with Gasteiger partial charge in [0.25, 0.3) is 0 Å². The van der Waals surface area contributed by atoms with Gasteiger partial charge in [-0.1, -0.05) is 32.4 Å². The lowest BCUT2D eigenvalue weighted by molar-refractivity contribution is -0.115. The Kier molecular flexibility index (Phi) is 2.27. The van der Waals surface area contributed by atoms with Crippen LogP contribution in [0.25, 0.3) is 0 Å². The smallest absolute Gasteiger partial charge is 0.228 e. The third-order valence-corrected chi connectivity index (χ3v) is 3.01. The van der Waals surface area contributed by atoms with Crippen LogP contribution in [0.1, 0.15) is 31.9 Å². The predicted molar refractivity (Wildman–Crippen MR) is 62.5 cm³/mol. The fourth-order valence-corrected chi connectivity index (χ4v) is 2.00. The first-order valence-corrected chi connectivity index (χ1v) is 5.38. The SMILES string of the molecule is CC(C)(C)c1cc(Cl)c2c(c1)NC(=O)C2. The van der Waals surface area contributed by atoms with E-state index < -0.39 is 0 Å². The Labute approximate surface area is 94.6 Å². The molecule has 1 amide bonds. The van der Waals surface area contributed by atoms with E-state index in [-0.39, 0.29) is 11.3 Å². The molecule has 1 aliphatic rings. The summed E-state index contributed by atoms with van der Waals surface area (Å²) in [4.78, 5) is 11.2. The van der Waals surface area contributed by atoms with Crippen molar-refractivity contribution in [2.45, 2.75) is 32.6 Å². The summed E-state index contributed by atoms with van der Waals surface area (Å²) in [5.41, 5.74) is 2.99. The summed E-state index contributed by atoms with van der Waals surface area (Å²) < 4.78 is 0. The summed E-state index contributed by atoms with van der Waals surface area (Å²) in [5.74, 6) is 0.0259. The van der Waals surface area contributed by atoms with Crippen molar-refractivity contribution in [3.63, 3.8) is 0 Å². The first-order valence-electron chi connectivity index (χ1n) is 5.00. The molecule has 0 aliphatic carbocycles. The molecule has 0 spiro atoms. The monoisotopic (exact) mass is 223 g/mol. The third-order valence-electron chi connectivity index (χ3n) is 2.67. The van der Waals surface area contributed by atoms with E-state index in [2.05, 4.69) is 26.1 Å². The van der Waals surface area contributed by atoms with E-state index in [0.717, 1.165) is 16.8 Å².